The Morgan fingerprint density at radius 3 is 2.93 bits per heavy atom. The van der Waals surface area contributed by atoms with Gasteiger partial charge >= 0.3 is 0 Å². The molecule has 2 aliphatic heterocycles. The molecule has 4 nitrogen and oxygen atoms in total. The van der Waals surface area contributed by atoms with Crippen molar-refractivity contribution in [2.45, 2.75) is 31.8 Å². The summed E-state index contributed by atoms with van der Waals surface area (Å²) in [5.74, 6) is 0.354. The minimum atomic E-state index is -0.669. The van der Waals surface area contributed by atoms with Crippen LogP contribution >= 0.6 is 0 Å². The highest BCUT2D eigenvalue weighted by Crippen LogP contribution is 2.23. The number of β-amino-alcohol motifs (C(OH)–C–C–N with tert-alkyl or cyclic N) is 1. The molecule has 0 aromatic heterocycles. The molecule has 0 radical (unpaired) electrons. The number of aliphatic hydroxyl groups is 1. The molecule has 0 aromatic rings. The van der Waals surface area contributed by atoms with Crippen molar-refractivity contribution in [1.29, 1.82) is 0 Å². The van der Waals surface area contributed by atoms with Gasteiger partial charge in [-0.3, -0.25) is 4.79 Å². The third-order valence-electron chi connectivity index (χ3n) is 3.41. The predicted octanol–water partition coefficient (Wildman–Crippen LogP) is -0.0307. The molecule has 2 rings (SSSR count). The van der Waals surface area contributed by atoms with Gasteiger partial charge in [-0.05, 0) is 32.7 Å². The number of hydrogen-bond acceptors (Lipinski definition) is 3. The van der Waals surface area contributed by atoms with Gasteiger partial charge in [0.15, 0.2) is 0 Å². The number of rotatable bonds is 1. The Balaban J connectivity index is 1.90. The quantitative estimate of drug-likeness (QED) is 0.642. The van der Waals surface area contributed by atoms with Crippen LogP contribution in [-0.2, 0) is 4.79 Å². The van der Waals surface area contributed by atoms with E-state index in [1.807, 2.05) is 4.90 Å². The average Bonchev–Trinajstić information content (AvgIpc) is 2.59. The third-order valence-corrected chi connectivity index (χ3v) is 3.41. The predicted molar refractivity (Wildman–Crippen MR) is 57.4 cm³/mol. The molecular formula is C11H20N2O2. The number of amides is 1. The van der Waals surface area contributed by atoms with E-state index in [0.29, 0.717) is 19.5 Å². The molecule has 2 saturated heterocycles. The zero-order chi connectivity index (χ0) is 10.9. The van der Waals surface area contributed by atoms with Crippen LogP contribution in [0.3, 0.4) is 0 Å². The number of hydrogen-bond donors (Lipinski definition) is 2. The molecule has 1 amide bonds. The number of piperidine rings is 1. The lowest BCUT2D eigenvalue weighted by Crippen LogP contribution is -2.43. The summed E-state index contributed by atoms with van der Waals surface area (Å²) in [6.07, 6.45) is 2.78. The zero-order valence-electron chi connectivity index (χ0n) is 9.33. The summed E-state index contributed by atoms with van der Waals surface area (Å²) < 4.78 is 0. The standard InChI is InChI=1S/C11H20N2O2/c1-11(15)4-6-13(8-11)10(14)9-3-2-5-12-7-9/h9,12,15H,2-8H2,1H3/t9-,11?/m0/s1. The van der Waals surface area contributed by atoms with Crippen molar-refractivity contribution in [3.63, 3.8) is 0 Å². The van der Waals surface area contributed by atoms with Gasteiger partial charge in [0.1, 0.15) is 0 Å². The first-order valence-electron chi connectivity index (χ1n) is 5.80. The lowest BCUT2D eigenvalue weighted by atomic mass is 9.98. The normalized spacial score (nSPS) is 36.9. The molecular weight excluding hydrogens is 192 g/mol. The van der Waals surface area contributed by atoms with Gasteiger partial charge in [0.05, 0.1) is 11.5 Å². The van der Waals surface area contributed by atoms with Crippen molar-refractivity contribution in [1.82, 2.24) is 10.2 Å². The third kappa shape index (κ3) is 2.49. The summed E-state index contributed by atoms with van der Waals surface area (Å²) in [5.41, 5.74) is -0.669. The van der Waals surface area contributed by atoms with Gasteiger partial charge in [0.2, 0.25) is 5.91 Å². The van der Waals surface area contributed by atoms with Gasteiger partial charge in [-0.25, -0.2) is 0 Å². The van der Waals surface area contributed by atoms with Gasteiger partial charge in [0.25, 0.3) is 0 Å². The van der Waals surface area contributed by atoms with Crippen LogP contribution in [0.15, 0.2) is 0 Å². The summed E-state index contributed by atoms with van der Waals surface area (Å²) in [4.78, 5) is 13.9. The fourth-order valence-electron chi connectivity index (χ4n) is 2.45. The number of likely N-dealkylation sites (tertiary alicyclic amines) is 1. The Bertz CT molecular complexity index is 247. The van der Waals surface area contributed by atoms with Crippen LogP contribution in [-0.4, -0.2) is 47.7 Å². The number of carbonyl (C=O) groups excluding carboxylic acids is 1. The van der Waals surface area contributed by atoms with Crippen molar-refractivity contribution < 1.29 is 9.90 Å². The molecule has 4 heteroatoms. The molecule has 15 heavy (non-hydrogen) atoms. The minimum absolute atomic E-state index is 0.132. The number of nitrogens with one attached hydrogen (secondary N) is 1. The molecule has 1 unspecified atom stereocenters. The maximum Gasteiger partial charge on any atom is 0.227 e. The molecule has 2 aliphatic rings. The molecule has 2 fully saturated rings. The van der Waals surface area contributed by atoms with Crippen molar-refractivity contribution in [3.8, 4) is 0 Å². The smallest absolute Gasteiger partial charge is 0.227 e. The highest BCUT2D eigenvalue weighted by Gasteiger charge is 2.36. The Kier molecular flexibility index (Phi) is 2.98. The van der Waals surface area contributed by atoms with Gasteiger partial charge in [-0.2, -0.15) is 0 Å². The summed E-state index contributed by atoms with van der Waals surface area (Å²) in [5, 5.41) is 13.1. The Morgan fingerprint density at radius 1 is 1.60 bits per heavy atom. The van der Waals surface area contributed by atoms with Crippen LogP contribution in [0.4, 0.5) is 0 Å². The maximum absolute atomic E-state index is 12.1. The van der Waals surface area contributed by atoms with E-state index in [2.05, 4.69) is 5.32 Å². The van der Waals surface area contributed by atoms with E-state index in [1.54, 1.807) is 6.92 Å². The topological polar surface area (TPSA) is 52.6 Å². The SMILES string of the molecule is CC1(O)CCN(C(=O)[C@H]2CCCNC2)C1. The fraction of sp³-hybridized carbons (Fsp3) is 0.909. The Labute approximate surface area is 90.6 Å². The maximum atomic E-state index is 12.1. The van der Waals surface area contributed by atoms with E-state index >= 15 is 0 Å². The first-order valence-corrected chi connectivity index (χ1v) is 5.80. The Morgan fingerprint density at radius 2 is 2.40 bits per heavy atom. The minimum Gasteiger partial charge on any atom is -0.388 e. The van der Waals surface area contributed by atoms with Crippen LogP contribution in [0, 0.1) is 5.92 Å². The molecule has 86 valence electrons. The first-order chi connectivity index (χ1) is 7.08. The van der Waals surface area contributed by atoms with Gasteiger partial charge in [0, 0.05) is 19.6 Å². The van der Waals surface area contributed by atoms with Gasteiger partial charge in [-0.15, -0.1) is 0 Å². The van der Waals surface area contributed by atoms with E-state index < -0.39 is 5.60 Å². The van der Waals surface area contributed by atoms with Crippen molar-refractivity contribution in [2.24, 2.45) is 5.92 Å². The average molecular weight is 212 g/mol. The van der Waals surface area contributed by atoms with E-state index in [9.17, 15) is 9.90 Å². The summed E-state index contributed by atoms with van der Waals surface area (Å²) in [6, 6.07) is 0. The first kappa shape index (κ1) is 10.9. The highest BCUT2D eigenvalue weighted by molar-refractivity contribution is 5.79. The highest BCUT2D eigenvalue weighted by atomic mass is 16.3. The second-order valence-electron chi connectivity index (χ2n) is 5.05. The molecule has 2 heterocycles. The molecule has 2 atom stereocenters. The van der Waals surface area contributed by atoms with Crippen molar-refractivity contribution in [2.75, 3.05) is 26.2 Å². The second kappa shape index (κ2) is 4.10. The second-order valence-corrected chi connectivity index (χ2v) is 5.05. The largest absolute Gasteiger partial charge is 0.388 e. The molecule has 0 saturated carbocycles. The monoisotopic (exact) mass is 212 g/mol. The molecule has 0 aromatic carbocycles. The summed E-state index contributed by atoms with van der Waals surface area (Å²) in [7, 11) is 0. The van der Waals surface area contributed by atoms with Crippen molar-refractivity contribution >= 4 is 5.91 Å². The van der Waals surface area contributed by atoms with Crippen LogP contribution in [0.1, 0.15) is 26.2 Å². The van der Waals surface area contributed by atoms with Crippen molar-refractivity contribution in [3.05, 3.63) is 0 Å². The summed E-state index contributed by atoms with van der Waals surface area (Å²) in [6.45, 7) is 4.85. The van der Waals surface area contributed by atoms with E-state index in [4.69, 9.17) is 0 Å². The lowest BCUT2D eigenvalue weighted by Gasteiger charge is -2.27. The molecule has 0 bridgehead atoms. The summed E-state index contributed by atoms with van der Waals surface area (Å²) >= 11 is 0. The van der Waals surface area contributed by atoms with E-state index in [0.717, 1.165) is 25.9 Å². The molecule has 0 aliphatic carbocycles. The van der Waals surface area contributed by atoms with Crippen LogP contribution < -0.4 is 5.32 Å². The van der Waals surface area contributed by atoms with E-state index in [1.165, 1.54) is 0 Å². The fourth-order valence-corrected chi connectivity index (χ4v) is 2.45. The zero-order valence-corrected chi connectivity index (χ0v) is 9.33. The number of nitrogens with zero attached hydrogens (tertiary/aromatic N) is 1. The van der Waals surface area contributed by atoms with Gasteiger partial charge in [-0.1, -0.05) is 0 Å². The van der Waals surface area contributed by atoms with Crippen LogP contribution in [0.5, 0.6) is 0 Å². The molecule has 0 spiro atoms. The lowest BCUT2D eigenvalue weighted by molar-refractivity contribution is -0.135. The molecule has 2 N–H and O–H groups in total. The Hall–Kier alpha value is -0.610. The van der Waals surface area contributed by atoms with Crippen LogP contribution in [0.25, 0.3) is 0 Å². The van der Waals surface area contributed by atoms with Crippen LogP contribution in [0.2, 0.25) is 0 Å². The number of carbonyl (C=O) groups is 1. The van der Waals surface area contributed by atoms with E-state index in [-0.39, 0.29) is 11.8 Å². The van der Waals surface area contributed by atoms with Gasteiger partial charge < -0.3 is 15.3 Å².